The smallest absolute Gasteiger partial charge is 0.191 e. The number of hydrogen-bond donors (Lipinski definition) is 3. The van der Waals surface area contributed by atoms with Crippen LogP contribution >= 0.6 is 0 Å². The molecule has 0 heterocycles. The predicted molar refractivity (Wildman–Crippen MR) is 85.0 cm³/mol. The van der Waals surface area contributed by atoms with Gasteiger partial charge in [-0.25, -0.2) is 9.38 Å². The van der Waals surface area contributed by atoms with E-state index < -0.39 is 5.82 Å². The topological polar surface area (TPSA) is 56.7 Å². The van der Waals surface area contributed by atoms with Gasteiger partial charge in [-0.2, -0.15) is 0 Å². The number of halogens is 1. The lowest BCUT2D eigenvalue weighted by atomic mass is 10.0. The van der Waals surface area contributed by atoms with Crippen LogP contribution in [0.15, 0.2) is 23.2 Å². The molecule has 3 N–H and O–H groups in total. The zero-order valence-electron chi connectivity index (χ0n) is 13.1. The van der Waals surface area contributed by atoms with E-state index in [9.17, 15) is 4.39 Å². The molecule has 0 radical (unpaired) electrons. The van der Waals surface area contributed by atoms with Gasteiger partial charge >= 0.3 is 0 Å². The Hall–Kier alpha value is -1.78. The minimum absolute atomic E-state index is 0.332. The monoisotopic (exact) mass is 295 g/mol. The van der Waals surface area contributed by atoms with Gasteiger partial charge in [0.2, 0.25) is 0 Å². The fourth-order valence-corrected chi connectivity index (χ4v) is 1.98. The van der Waals surface area contributed by atoms with E-state index in [1.54, 1.807) is 6.07 Å². The number of aromatic hydroxyl groups is 1. The van der Waals surface area contributed by atoms with Crippen molar-refractivity contribution in [2.24, 2.45) is 10.9 Å². The third-order valence-electron chi connectivity index (χ3n) is 3.49. The summed E-state index contributed by atoms with van der Waals surface area (Å²) in [7, 11) is 0. The van der Waals surface area contributed by atoms with Crippen molar-refractivity contribution in [2.45, 2.75) is 40.2 Å². The van der Waals surface area contributed by atoms with Crippen LogP contribution in [0.4, 0.5) is 4.39 Å². The maximum atomic E-state index is 13.3. The van der Waals surface area contributed by atoms with Gasteiger partial charge < -0.3 is 15.7 Å². The molecule has 118 valence electrons. The number of nitrogens with one attached hydrogen (secondary N) is 2. The molecule has 0 unspecified atom stereocenters. The lowest BCUT2D eigenvalue weighted by Gasteiger charge is -2.16. The Morgan fingerprint density at radius 1 is 1.24 bits per heavy atom. The van der Waals surface area contributed by atoms with E-state index in [0.29, 0.717) is 12.5 Å². The number of nitrogens with zero attached hydrogens (tertiary/aromatic N) is 1. The summed E-state index contributed by atoms with van der Waals surface area (Å²) < 4.78 is 13.3. The number of guanidine groups is 1. The molecule has 0 amide bonds. The second kappa shape index (κ2) is 9.21. The first-order valence-electron chi connectivity index (χ1n) is 7.60. The largest absolute Gasteiger partial charge is 0.505 e. The van der Waals surface area contributed by atoms with Crippen LogP contribution in [0.25, 0.3) is 0 Å². The van der Waals surface area contributed by atoms with Crippen LogP contribution < -0.4 is 10.6 Å². The molecule has 1 aromatic carbocycles. The van der Waals surface area contributed by atoms with E-state index >= 15 is 0 Å². The number of rotatable bonds is 7. The zero-order valence-corrected chi connectivity index (χ0v) is 13.1. The third-order valence-corrected chi connectivity index (χ3v) is 3.49. The number of phenolic OH excluding ortho intramolecular Hbond substituents is 1. The lowest BCUT2D eigenvalue weighted by molar-refractivity contribution is 0.432. The first-order valence-corrected chi connectivity index (χ1v) is 7.60. The molecule has 0 saturated carbocycles. The van der Waals surface area contributed by atoms with Gasteiger partial charge in [0.25, 0.3) is 0 Å². The molecular formula is C16H26FN3O. The molecule has 1 aromatic rings. The van der Waals surface area contributed by atoms with Crippen molar-refractivity contribution < 1.29 is 9.50 Å². The van der Waals surface area contributed by atoms with E-state index in [-0.39, 0.29) is 5.75 Å². The number of benzene rings is 1. The number of hydrogen-bond acceptors (Lipinski definition) is 2. The molecule has 0 atom stereocenters. The molecule has 21 heavy (non-hydrogen) atoms. The molecule has 0 aliphatic heterocycles. The summed E-state index contributed by atoms with van der Waals surface area (Å²) >= 11 is 0. The van der Waals surface area contributed by atoms with E-state index in [1.807, 2.05) is 6.92 Å². The minimum Gasteiger partial charge on any atom is -0.505 e. The van der Waals surface area contributed by atoms with E-state index in [4.69, 9.17) is 5.11 Å². The quantitative estimate of drug-likeness (QED) is 0.535. The number of phenols is 1. The summed E-state index contributed by atoms with van der Waals surface area (Å²) in [5.41, 5.74) is 0.727. The maximum absolute atomic E-state index is 13.3. The fourth-order valence-electron chi connectivity index (χ4n) is 1.98. The first kappa shape index (κ1) is 17.3. The van der Waals surface area contributed by atoms with E-state index in [1.165, 1.54) is 12.1 Å². The standard InChI is InChI=1S/C16H26FN3O/c1-4-12(5-2)10-19-16(18-6-3)20-11-13-7-8-15(21)14(17)9-13/h7-9,12,21H,4-6,10-11H2,1-3H3,(H2,18,19,20). The summed E-state index contributed by atoms with van der Waals surface area (Å²) in [4.78, 5) is 4.44. The van der Waals surface area contributed by atoms with Crippen LogP contribution in [0.2, 0.25) is 0 Å². The Bertz CT molecular complexity index is 459. The van der Waals surface area contributed by atoms with Crippen molar-refractivity contribution in [3.63, 3.8) is 0 Å². The van der Waals surface area contributed by atoms with Crippen molar-refractivity contribution in [1.82, 2.24) is 10.6 Å². The summed E-state index contributed by atoms with van der Waals surface area (Å²) in [5.74, 6) is 0.414. The number of aliphatic imine (C=N–C) groups is 1. The van der Waals surface area contributed by atoms with Gasteiger partial charge in [0.1, 0.15) is 0 Å². The second-order valence-electron chi connectivity index (χ2n) is 5.04. The van der Waals surface area contributed by atoms with E-state index in [0.717, 1.165) is 37.5 Å². The van der Waals surface area contributed by atoms with Crippen LogP contribution in [0.3, 0.4) is 0 Å². The van der Waals surface area contributed by atoms with Gasteiger partial charge in [0.15, 0.2) is 17.5 Å². The highest BCUT2D eigenvalue weighted by atomic mass is 19.1. The second-order valence-corrected chi connectivity index (χ2v) is 5.04. The molecule has 0 aromatic heterocycles. The molecule has 0 aliphatic rings. The fraction of sp³-hybridized carbons (Fsp3) is 0.562. The van der Waals surface area contributed by atoms with Gasteiger partial charge in [-0.1, -0.05) is 32.8 Å². The molecule has 1 rings (SSSR count). The summed E-state index contributed by atoms with van der Waals surface area (Å²) in [6.45, 7) is 8.39. The van der Waals surface area contributed by atoms with Crippen molar-refractivity contribution in [2.75, 3.05) is 13.1 Å². The van der Waals surface area contributed by atoms with Crippen LogP contribution in [0, 0.1) is 11.7 Å². The minimum atomic E-state index is -0.613. The summed E-state index contributed by atoms with van der Waals surface area (Å²) in [6.07, 6.45) is 2.26. The van der Waals surface area contributed by atoms with Gasteiger partial charge in [0.05, 0.1) is 6.54 Å². The Balaban J connectivity index is 2.63. The molecule has 0 saturated heterocycles. The molecular weight excluding hydrogens is 269 g/mol. The molecule has 4 nitrogen and oxygen atoms in total. The molecule has 0 aliphatic carbocycles. The van der Waals surface area contributed by atoms with Gasteiger partial charge in [0, 0.05) is 13.1 Å². The summed E-state index contributed by atoms with van der Waals surface area (Å²) in [5, 5.41) is 15.7. The molecule has 5 heteroatoms. The Morgan fingerprint density at radius 2 is 1.95 bits per heavy atom. The van der Waals surface area contributed by atoms with Gasteiger partial charge in [-0.05, 0) is 30.5 Å². The average molecular weight is 295 g/mol. The Labute approximate surface area is 126 Å². The predicted octanol–water partition coefficient (Wildman–Crippen LogP) is 3.02. The van der Waals surface area contributed by atoms with Crippen LogP contribution in [0.5, 0.6) is 5.75 Å². The van der Waals surface area contributed by atoms with Crippen LogP contribution in [-0.4, -0.2) is 24.2 Å². The maximum Gasteiger partial charge on any atom is 0.191 e. The zero-order chi connectivity index (χ0) is 15.7. The lowest BCUT2D eigenvalue weighted by Crippen LogP contribution is -2.39. The highest BCUT2D eigenvalue weighted by molar-refractivity contribution is 5.79. The van der Waals surface area contributed by atoms with Crippen molar-refractivity contribution in [3.8, 4) is 5.75 Å². The molecule has 0 bridgehead atoms. The SMILES string of the molecule is CCNC(=NCc1ccc(O)c(F)c1)NCC(CC)CC. The van der Waals surface area contributed by atoms with E-state index in [2.05, 4.69) is 29.5 Å². The van der Waals surface area contributed by atoms with Crippen LogP contribution in [0.1, 0.15) is 39.2 Å². The average Bonchev–Trinajstić information content (AvgIpc) is 2.49. The van der Waals surface area contributed by atoms with Gasteiger partial charge in [-0.3, -0.25) is 0 Å². The molecule has 0 spiro atoms. The Morgan fingerprint density at radius 3 is 2.52 bits per heavy atom. The summed E-state index contributed by atoms with van der Waals surface area (Å²) in [6, 6.07) is 4.33. The Kier molecular flexibility index (Phi) is 7.58. The highest BCUT2D eigenvalue weighted by Gasteiger charge is 2.05. The van der Waals surface area contributed by atoms with Crippen LogP contribution in [-0.2, 0) is 6.54 Å². The normalized spacial score (nSPS) is 11.8. The van der Waals surface area contributed by atoms with Gasteiger partial charge in [-0.15, -0.1) is 0 Å². The first-order chi connectivity index (χ1) is 10.1. The van der Waals surface area contributed by atoms with Crippen molar-refractivity contribution in [1.29, 1.82) is 0 Å². The molecule has 0 fully saturated rings. The third kappa shape index (κ3) is 6.02. The highest BCUT2D eigenvalue weighted by Crippen LogP contribution is 2.16. The van der Waals surface area contributed by atoms with Crippen molar-refractivity contribution >= 4 is 5.96 Å². The van der Waals surface area contributed by atoms with Crippen molar-refractivity contribution in [3.05, 3.63) is 29.6 Å².